The minimum Gasteiger partial charge on any atom is -0.490 e. The molecule has 12 nitrogen and oxygen atoms in total. The Balaban J connectivity index is 1.66. The van der Waals surface area contributed by atoms with Gasteiger partial charge in [0, 0.05) is 11.6 Å². The van der Waals surface area contributed by atoms with Crippen molar-refractivity contribution in [2.45, 2.75) is 57.9 Å². The third-order valence-corrected chi connectivity index (χ3v) is 7.37. The van der Waals surface area contributed by atoms with Gasteiger partial charge in [0.15, 0.2) is 12.2 Å². The zero-order valence-corrected chi connectivity index (χ0v) is 29.6. The first-order valence-electron chi connectivity index (χ1n) is 16.2. The lowest BCUT2D eigenvalue weighted by Crippen LogP contribution is -2.45. The first-order chi connectivity index (χ1) is 24.2. The molecule has 0 aliphatic heterocycles. The van der Waals surface area contributed by atoms with Crippen molar-refractivity contribution >= 4 is 24.1 Å². The minimum absolute atomic E-state index is 0.0662. The summed E-state index contributed by atoms with van der Waals surface area (Å²) in [4.78, 5) is 50.0. The average Bonchev–Trinajstić information content (AvgIpc) is 3.10. The van der Waals surface area contributed by atoms with Gasteiger partial charge in [-0.05, 0) is 70.0 Å². The Labute approximate surface area is 298 Å². The topological polar surface area (TPSA) is 148 Å². The van der Waals surface area contributed by atoms with Crippen LogP contribution in [-0.2, 0) is 39.6 Å². The van der Waals surface area contributed by atoms with Gasteiger partial charge in [-0.1, -0.05) is 73.8 Å². The third kappa shape index (κ3) is 13.6. The van der Waals surface area contributed by atoms with E-state index in [-0.39, 0.29) is 32.0 Å². The quantitative estimate of drug-likeness (QED) is 0.0873. The fraction of sp³-hybridized carbons (Fsp3) is 0.333. The number of esters is 2. The maximum absolute atomic E-state index is 13.2. The van der Waals surface area contributed by atoms with E-state index in [1.54, 1.807) is 82.3 Å². The molecule has 0 fully saturated rings. The zero-order chi connectivity index (χ0) is 37.4. The highest BCUT2D eigenvalue weighted by Gasteiger charge is 2.30. The second kappa shape index (κ2) is 18.8. The molecule has 2 N–H and O–H groups in total. The Kier molecular flexibility index (Phi) is 14.6. The Bertz CT molecular complexity index is 1640. The van der Waals surface area contributed by atoms with Crippen LogP contribution < -0.4 is 20.1 Å². The fourth-order valence-electron chi connectivity index (χ4n) is 4.48. The number of amides is 2. The molecular weight excluding hydrogens is 656 g/mol. The lowest BCUT2D eigenvalue weighted by molar-refractivity contribution is -0.142. The smallest absolute Gasteiger partial charge is 0.408 e. The summed E-state index contributed by atoms with van der Waals surface area (Å²) < 4.78 is 33.1. The summed E-state index contributed by atoms with van der Waals surface area (Å²) in [6.07, 6.45) is -2.36. The summed E-state index contributed by atoms with van der Waals surface area (Å²) >= 11 is 0. The Morgan fingerprint density at radius 3 is 1.51 bits per heavy atom. The summed E-state index contributed by atoms with van der Waals surface area (Å²) in [5.74, 6) is -0.167. The molecule has 2 amide bonds. The molecule has 0 radical (unpaired) electrons. The number of hydrogen-bond acceptors (Lipinski definition) is 10. The summed E-state index contributed by atoms with van der Waals surface area (Å²) in [5.41, 5.74) is -0.274. The van der Waals surface area contributed by atoms with Gasteiger partial charge in [-0.25, -0.2) is 19.2 Å². The van der Waals surface area contributed by atoms with Gasteiger partial charge >= 0.3 is 24.1 Å². The molecular formula is C39H46N2O10. The maximum Gasteiger partial charge on any atom is 0.408 e. The molecule has 0 aliphatic carbocycles. The molecule has 0 aliphatic rings. The van der Waals surface area contributed by atoms with Crippen LogP contribution in [0.3, 0.4) is 0 Å². The zero-order valence-electron chi connectivity index (χ0n) is 29.6. The average molecular weight is 703 g/mol. The van der Waals surface area contributed by atoms with Crippen molar-refractivity contribution in [3.8, 4) is 11.5 Å². The van der Waals surface area contributed by atoms with Crippen molar-refractivity contribution in [1.29, 1.82) is 0 Å². The molecule has 3 aromatic rings. The number of nitrogens with one attached hydrogen (secondary N) is 2. The van der Waals surface area contributed by atoms with Crippen LogP contribution in [0.15, 0.2) is 110 Å². The molecule has 0 saturated heterocycles. The summed E-state index contributed by atoms with van der Waals surface area (Å²) in [5, 5.41) is 5.72. The van der Waals surface area contributed by atoms with Crippen LogP contribution in [0.5, 0.6) is 11.5 Å². The van der Waals surface area contributed by atoms with Crippen LogP contribution in [-0.4, -0.2) is 62.8 Å². The van der Waals surface area contributed by atoms with Crippen LogP contribution >= 0.6 is 0 Å². The summed E-state index contributed by atoms with van der Waals surface area (Å²) in [7, 11) is 0. The van der Waals surface area contributed by atoms with Gasteiger partial charge in [0.2, 0.25) is 0 Å². The number of carbonyl (C=O) groups excluding carboxylic acids is 4. The normalized spacial score (nSPS) is 12.3. The number of carbonyl (C=O) groups is 4. The van der Waals surface area contributed by atoms with Crippen molar-refractivity contribution in [1.82, 2.24) is 10.6 Å². The maximum atomic E-state index is 13.2. The molecule has 51 heavy (non-hydrogen) atoms. The minimum atomic E-state index is -0.947. The second-order valence-corrected chi connectivity index (χ2v) is 12.6. The molecule has 272 valence electrons. The molecule has 3 aromatic carbocycles. The number of hydrogen-bond donors (Lipinski definition) is 2. The van der Waals surface area contributed by atoms with Crippen LogP contribution in [0.1, 0.15) is 45.7 Å². The second-order valence-electron chi connectivity index (χ2n) is 12.6. The van der Waals surface area contributed by atoms with Crippen molar-refractivity contribution in [2.75, 3.05) is 26.4 Å². The molecule has 2 unspecified atom stereocenters. The number of rotatable bonds is 18. The highest BCUT2D eigenvalue weighted by molar-refractivity contribution is 5.87. The molecule has 0 bridgehead atoms. The Morgan fingerprint density at radius 2 is 1.10 bits per heavy atom. The molecule has 0 heterocycles. The van der Waals surface area contributed by atoms with E-state index in [1.165, 1.54) is 6.92 Å². The Morgan fingerprint density at radius 1 is 0.667 bits per heavy atom. The van der Waals surface area contributed by atoms with Crippen LogP contribution in [0.4, 0.5) is 9.59 Å². The lowest BCUT2D eigenvalue weighted by atomic mass is 9.87. The Hall–Kier alpha value is -5.78. The van der Waals surface area contributed by atoms with Gasteiger partial charge in [0.1, 0.15) is 37.9 Å². The third-order valence-electron chi connectivity index (χ3n) is 7.37. The summed E-state index contributed by atoms with van der Waals surface area (Å²) in [6.45, 7) is 15.0. The van der Waals surface area contributed by atoms with Crippen molar-refractivity contribution in [3.05, 3.63) is 121 Å². The van der Waals surface area contributed by atoms with Gasteiger partial charge in [0.25, 0.3) is 0 Å². The fourth-order valence-corrected chi connectivity index (χ4v) is 4.48. The van der Waals surface area contributed by atoms with Gasteiger partial charge in [-0.3, -0.25) is 0 Å². The van der Waals surface area contributed by atoms with E-state index in [1.807, 2.05) is 30.3 Å². The van der Waals surface area contributed by atoms with E-state index in [9.17, 15) is 19.2 Å². The van der Waals surface area contributed by atoms with E-state index in [0.717, 1.165) is 6.08 Å². The van der Waals surface area contributed by atoms with Gasteiger partial charge < -0.3 is 39.1 Å². The van der Waals surface area contributed by atoms with E-state index >= 15 is 0 Å². The van der Waals surface area contributed by atoms with Crippen molar-refractivity contribution in [3.63, 3.8) is 0 Å². The SMILES string of the molecule is C=CC(=O)OCC(COc1ccccc1)OC(=O)NC(C)(C)c1cccc(C(C)(C)NC(=O)OC(COC(=O)C(=C)C)COc2ccccc2)c1. The van der Waals surface area contributed by atoms with E-state index in [0.29, 0.717) is 22.6 Å². The van der Waals surface area contributed by atoms with E-state index in [2.05, 4.69) is 23.8 Å². The summed E-state index contributed by atoms with van der Waals surface area (Å²) in [6, 6.07) is 25.2. The number of para-hydroxylation sites is 2. The first kappa shape index (κ1) is 39.7. The number of benzene rings is 3. The van der Waals surface area contributed by atoms with Crippen molar-refractivity contribution < 1.29 is 47.6 Å². The van der Waals surface area contributed by atoms with Crippen LogP contribution in [0.2, 0.25) is 0 Å². The molecule has 0 aromatic heterocycles. The van der Waals surface area contributed by atoms with E-state index < -0.39 is 47.4 Å². The molecule has 0 saturated carbocycles. The standard InChI is InChI=1S/C39H46N2O10/c1-8-34(42)48-25-32(23-46-30-18-11-9-12-19-30)50-36(44)40-38(4,5)28-16-15-17-29(22-28)39(6,7)41-37(45)51-33(26-49-35(43)27(2)3)24-47-31-20-13-10-14-21-31/h8-22,32-33H,1-2,23-26H2,3-7H3,(H,40,44)(H,41,45). The van der Waals surface area contributed by atoms with Gasteiger partial charge in [-0.15, -0.1) is 0 Å². The predicted octanol–water partition coefficient (Wildman–Crippen LogP) is 6.35. The first-order valence-corrected chi connectivity index (χ1v) is 16.2. The molecule has 2 atom stereocenters. The lowest BCUT2D eigenvalue weighted by Gasteiger charge is -2.31. The number of ether oxygens (including phenoxy) is 6. The van der Waals surface area contributed by atoms with Crippen LogP contribution in [0.25, 0.3) is 0 Å². The predicted molar refractivity (Wildman–Crippen MR) is 190 cm³/mol. The molecule has 0 spiro atoms. The molecule has 12 heteroatoms. The number of alkyl carbamates (subject to hydrolysis) is 2. The largest absolute Gasteiger partial charge is 0.490 e. The monoisotopic (exact) mass is 702 g/mol. The van der Waals surface area contributed by atoms with Crippen molar-refractivity contribution in [2.24, 2.45) is 0 Å². The van der Waals surface area contributed by atoms with Crippen LogP contribution in [0, 0.1) is 0 Å². The molecule has 3 rings (SSSR count). The highest BCUT2D eigenvalue weighted by atomic mass is 16.6. The van der Waals surface area contributed by atoms with E-state index in [4.69, 9.17) is 28.4 Å². The van der Waals surface area contributed by atoms with Gasteiger partial charge in [0.05, 0.1) is 11.1 Å². The highest BCUT2D eigenvalue weighted by Crippen LogP contribution is 2.27. The van der Waals surface area contributed by atoms with Gasteiger partial charge in [-0.2, -0.15) is 0 Å².